The maximum absolute atomic E-state index is 13.2. The Kier molecular flexibility index (Phi) is 7.40. The number of amides is 1. The van der Waals surface area contributed by atoms with Crippen molar-refractivity contribution in [1.29, 1.82) is 0 Å². The number of aliphatic carboxylic acids is 1. The molecule has 1 atom stereocenters. The highest BCUT2D eigenvalue weighted by Crippen LogP contribution is 2.28. The highest BCUT2D eigenvalue weighted by molar-refractivity contribution is 6.30. The lowest BCUT2D eigenvalue weighted by atomic mass is 10.0. The zero-order valence-corrected chi connectivity index (χ0v) is 21.6. The molecule has 0 unspecified atom stereocenters. The molecule has 3 heterocycles. The van der Waals surface area contributed by atoms with Crippen LogP contribution in [0.25, 0.3) is 17.0 Å². The number of halogens is 1. The first-order valence-electron chi connectivity index (χ1n) is 12.3. The van der Waals surface area contributed by atoms with Gasteiger partial charge in [-0.25, -0.2) is 9.78 Å². The highest BCUT2D eigenvalue weighted by Gasteiger charge is 2.37. The molecule has 36 heavy (non-hydrogen) atoms. The van der Waals surface area contributed by atoms with Crippen LogP contribution in [0, 0.1) is 0 Å². The molecule has 1 aromatic carbocycles. The van der Waals surface area contributed by atoms with E-state index in [1.165, 1.54) is 18.2 Å². The minimum atomic E-state index is -1.40. The highest BCUT2D eigenvalue weighted by atomic mass is 35.5. The van der Waals surface area contributed by atoms with E-state index in [1.54, 1.807) is 24.4 Å². The number of unbranched alkanes of at least 4 members (excludes halogenated alkanes) is 2. The summed E-state index contributed by atoms with van der Waals surface area (Å²) >= 11 is 6.04. The van der Waals surface area contributed by atoms with Gasteiger partial charge < -0.3 is 15.3 Å². The van der Waals surface area contributed by atoms with Crippen LogP contribution < -0.4 is 15.8 Å². The third-order valence-corrected chi connectivity index (χ3v) is 6.89. The molecule has 0 bridgehead atoms. The molecule has 0 radical (unpaired) electrons. The van der Waals surface area contributed by atoms with Crippen molar-refractivity contribution in [2.45, 2.75) is 71.0 Å². The predicted octanol–water partition coefficient (Wildman–Crippen LogP) is 3.95. The SMILES string of the molecule is CCCCCn1c(N2CCC[C@H]2C(=O)NC(C)(C)C(=O)O)cc(=O)n2cc(-c3ccc(Cl)cc3)nc12. The normalized spacial score (nSPS) is 16.0. The summed E-state index contributed by atoms with van der Waals surface area (Å²) in [5, 5.41) is 12.7. The van der Waals surface area contributed by atoms with Crippen molar-refractivity contribution in [1.82, 2.24) is 19.3 Å². The van der Waals surface area contributed by atoms with Crippen molar-refractivity contribution in [3.8, 4) is 11.3 Å². The molecule has 1 amide bonds. The molecule has 9 nitrogen and oxygen atoms in total. The minimum absolute atomic E-state index is 0.239. The van der Waals surface area contributed by atoms with E-state index < -0.39 is 17.6 Å². The molecule has 4 rings (SSSR count). The van der Waals surface area contributed by atoms with Crippen LogP contribution in [0.5, 0.6) is 0 Å². The Balaban J connectivity index is 1.78. The summed E-state index contributed by atoms with van der Waals surface area (Å²) in [6.45, 7) is 6.26. The number of carboxylic acid groups (broad SMARTS) is 1. The van der Waals surface area contributed by atoms with E-state index in [9.17, 15) is 19.5 Å². The molecule has 1 aliphatic heterocycles. The number of hydrogen-bond acceptors (Lipinski definition) is 5. The number of nitrogens with zero attached hydrogens (tertiary/aromatic N) is 4. The minimum Gasteiger partial charge on any atom is -0.480 e. The number of carbonyl (C=O) groups excluding carboxylic acids is 1. The molecule has 2 N–H and O–H groups in total. The molecule has 192 valence electrons. The number of nitrogens with one attached hydrogen (secondary N) is 1. The number of rotatable bonds is 9. The van der Waals surface area contributed by atoms with Crippen molar-refractivity contribution in [2.75, 3.05) is 11.4 Å². The van der Waals surface area contributed by atoms with Crippen molar-refractivity contribution in [3.05, 3.63) is 51.9 Å². The van der Waals surface area contributed by atoms with Gasteiger partial charge in [0.1, 0.15) is 17.4 Å². The smallest absolute Gasteiger partial charge is 0.328 e. The summed E-state index contributed by atoms with van der Waals surface area (Å²) in [6, 6.07) is 8.27. The Morgan fingerprint density at radius 3 is 2.61 bits per heavy atom. The van der Waals surface area contributed by atoms with Gasteiger partial charge in [-0.3, -0.25) is 18.6 Å². The molecule has 0 spiro atoms. The Morgan fingerprint density at radius 2 is 1.94 bits per heavy atom. The van der Waals surface area contributed by atoms with Gasteiger partial charge in [0.05, 0.1) is 5.69 Å². The maximum atomic E-state index is 13.2. The molecule has 3 aromatic rings. The summed E-state index contributed by atoms with van der Waals surface area (Å²) in [5.41, 5.74) is -0.133. The van der Waals surface area contributed by atoms with Gasteiger partial charge in [0, 0.05) is 35.9 Å². The molecule has 0 aliphatic carbocycles. The van der Waals surface area contributed by atoms with Crippen LogP contribution in [0.1, 0.15) is 52.9 Å². The second-order valence-corrected chi connectivity index (χ2v) is 10.2. The first-order valence-corrected chi connectivity index (χ1v) is 12.7. The standard InChI is InChI=1S/C26H32ClN5O4/c1-4-5-6-13-31-21(30-14-7-8-20(30)23(34)29-26(2,3)24(35)36)15-22(33)32-16-19(28-25(31)32)17-9-11-18(27)12-10-17/h9-12,15-16,20H,4-8,13-14H2,1-3H3,(H,29,34)(H,35,36)/t20-/m0/s1. The number of aromatic nitrogens is 3. The second kappa shape index (κ2) is 10.3. The van der Waals surface area contributed by atoms with Gasteiger partial charge in [-0.2, -0.15) is 0 Å². The van der Waals surface area contributed by atoms with Gasteiger partial charge in [0.15, 0.2) is 0 Å². The average Bonchev–Trinajstić information content (AvgIpc) is 3.49. The molecule has 1 aliphatic rings. The van der Waals surface area contributed by atoms with Gasteiger partial charge >= 0.3 is 5.97 Å². The summed E-state index contributed by atoms with van der Waals surface area (Å²) in [7, 11) is 0. The lowest BCUT2D eigenvalue weighted by molar-refractivity contribution is -0.146. The van der Waals surface area contributed by atoms with Gasteiger partial charge in [0.2, 0.25) is 11.7 Å². The molecular formula is C26H32ClN5O4. The Bertz CT molecular complexity index is 1330. The van der Waals surface area contributed by atoms with E-state index in [1.807, 2.05) is 21.6 Å². The van der Waals surface area contributed by atoms with Crippen LogP contribution in [0.2, 0.25) is 5.02 Å². The average molecular weight is 514 g/mol. The Labute approximate surface area is 214 Å². The summed E-state index contributed by atoms with van der Waals surface area (Å²) < 4.78 is 3.54. The number of fused-ring (bicyclic) bond motifs is 1. The zero-order valence-electron chi connectivity index (χ0n) is 20.8. The van der Waals surface area contributed by atoms with E-state index in [-0.39, 0.29) is 11.5 Å². The fraction of sp³-hybridized carbons (Fsp3) is 0.462. The van der Waals surface area contributed by atoms with Crippen molar-refractivity contribution < 1.29 is 14.7 Å². The lowest BCUT2D eigenvalue weighted by Gasteiger charge is -2.31. The first kappa shape index (κ1) is 25.8. The van der Waals surface area contributed by atoms with E-state index in [4.69, 9.17) is 16.6 Å². The number of carboxylic acids is 1. The zero-order chi connectivity index (χ0) is 26.0. The van der Waals surface area contributed by atoms with Gasteiger partial charge in [0.25, 0.3) is 5.56 Å². The van der Waals surface area contributed by atoms with Crippen LogP contribution in [0.15, 0.2) is 41.3 Å². The molecule has 1 saturated heterocycles. The maximum Gasteiger partial charge on any atom is 0.328 e. The molecule has 0 saturated carbocycles. The van der Waals surface area contributed by atoms with E-state index in [2.05, 4.69) is 12.2 Å². The second-order valence-electron chi connectivity index (χ2n) is 9.77. The molecule has 1 fully saturated rings. The molecular weight excluding hydrogens is 482 g/mol. The van der Waals surface area contributed by atoms with Crippen LogP contribution in [-0.2, 0) is 16.1 Å². The third-order valence-electron chi connectivity index (χ3n) is 6.64. The van der Waals surface area contributed by atoms with E-state index in [0.29, 0.717) is 41.8 Å². The van der Waals surface area contributed by atoms with Gasteiger partial charge in [-0.15, -0.1) is 0 Å². The number of hydrogen-bond donors (Lipinski definition) is 2. The van der Waals surface area contributed by atoms with E-state index in [0.717, 1.165) is 31.2 Å². The fourth-order valence-electron chi connectivity index (χ4n) is 4.57. The van der Waals surface area contributed by atoms with Crippen molar-refractivity contribution >= 4 is 35.1 Å². The van der Waals surface area contributed by atoms with Gasteiger partial charge in [-0.05, 0) is 45.2 Å². The van der Waals surface area contributed by atoms with Crippen LogP contribution in [-0.4, -0.2) is 49.1 Å². The van der Waals surface area contributed by atoms with Crippen LogP contribution >= 0.6 is 11.6 Å². The Hall–Kier alpha value is -3.33. The topological polar surface area (TPSA) is 109 Å². The molecule has 10 heteroatoms. The number of benzene rings is 1. The predicted molar refractivity (Wildman–Crippen MR) is 140 cm³/mol. The summed E-state index contributed by atoms with van der Waals surface area (Å²) in [5.74, 6) is -0.332. The fourth-order valence-corrected chi connectivity index (χ4v) is 4.70. The number of aryl methyl sites for hydroxylation is 1. The van der Waals surface area contributed by atoms with Crippen LogP contribution in [0.3, 0.4) is 0 Å². The number of anilines is 1. The number of imidazole rings is 1. The monoisotopic (exact) mass is 513 g/mol. The summed E-state index contributed by atoms with van der Waals surface area (Å²) in [6.07, 6.45) is 5.99. The third kappa shape index (κ3) is 5.11. The number of carbonyl (C=O) groups is 2. The lowest BCUT2D eigenvalue weighted by Crippen LogP contribution is -2.55. The summed E-state index contributed by atoms with van der Waals surface area (Å²) in [4.78, 5) is 44.7. The van der Waals surface area contributed by atoms with E-state index >= 15 is 0 Å². The largest absolute Gasteiger partial charge is 0.480 e. The van der Waals surface area contributed by atoms with Crippen LogP contribution in [0.4, 0.5) is 5.82 Å². The Morgan fingerprint density at radius 1 is 1.22 bits per heavy atom. The molecule has 2 aromatic heterocycles. The van der Waals surface area contributed by atoms with Crippen molar-refractivity contribution in [3.63, 3.8) is 0 Å². The quantitative estimate of drug-likeness (QED) is 0.419. The first-order chi connectivity index (χ1) is 17.1. The van der Waals surface area contributed by atoms with Crippen molar-refractivity contribution in [2.24, 2.45) is 0 Å². The van der Waals surface area contributed by atoms with Gasteiger partial charge in [-0.1, -0.05) is 43.5 Å².